The number of methoxy groups -OCH3 is 1. The number of benzene rings is 2. The van der Waals surface area contributed by atoms with Gasteiger partial charge in [0.15, 0.2) is 5.13 Å². The largest absolute Gasteiger partial charge is 0.497 e. The van der Waals surface area contributed by atoms with Gasteiger partial charge in [-0.15, -0.1) is 11.3 Å². The molecule has 0 unspecified atom stereocenters. The molecule has 1 saturated heterocycles. The first-order valence-electron chi connectivity index (χ1n) is 9.08. The standard InChI is InChI=1S/C20H20BrN3O3S2/c1-27-17-5-7-18(8-6-17)29(25,26)24-11-9-23(10-12-24)20-22-19(14-28-20)15-3-2-4-16(21)13-15/h2-8,13-14H,9-12H2,1H3. The Morgan fingerprint density at radius 2 is 1.79 bits per heavy atom. The van der Waals surface area contributed by atoms with Gasteiger partial charge in [0.05, 0.1) is 17.7 Å². The number of anilines is 1. The van der Waals surface area contributed by atoms with Crippen molar-refractivity contribution in [3.05, 3.63) is 58.4 Å². The highest BCUT2D eigenvalue weighted by atomic mass is 79.9. The number of hydrogen-bond acceptors (Lipinski definition) is 6. The van der Waals surface area contributed by atoms with Crippen LogP contribution in [0.25, 0.3) is 11.3 Å². The molecule has 0 saturated carbocycles. The maximum absolute atomic E-state index is 12.9. The fraction of sp³-hybridized carbons (Fsp3) is 0.250. The summed E-state index contributed by atoms with van der Waals surface area (Å²) in [6, 6.07) is 14.6. The van der Waals surface area contributed by atoms with Crippen molar-refractivity contribution in [3.63, 3.8) is 0 Å². The summed E-state index contributed by atoms with van der Waals surface area (Å²) in [4.78, 5) is 7.19. The molecule has 2 heterocycles. The molecule has 1 aliphatic rings. The molecule has 1 aromatic heterocycles. The van der Waals surface area contributed by atoms with Crippen LogP contribution in [0.5, 0.6) is 5.75 Å². The van der Waals surface area contributed by atoms with Gasteiger partial charge in [0, 0.05) is 41.6 Å². The van der Waals surface area contributed by atoms with E-state index in [1.54, 1.807) is 42.7 Å². The number of thiazole rings is 1. The van der Waals surface area contributed by atoms with Gasteiger partial charge in [-0.05, 0) is 36.4 Å². The van der Waals surface area contributed by atoms with Crippen molar-refractivity contribution in [3.8, 4) is 17.0 Å². The number of hydrogen-bond donors (Lipinski definition) is 0. The van der Waals surface area contributed by atoms with Gasteiger partial charge < -0.3 is 9.64 Å². The van der Waals surface area contributed by atoms with E-state index in [1.165, 1.54) is 4.31 Å². The molecule has 0 aliphatic carbocycles. The Labute approximate surface area is 182 Å². The number of piperazine rings is 1. The second-order valence-electron chi connectivity index (χ2n) is 6.59. The Morgan fingerprint density at radius 1 is 1.07 bits per heavy atom. The summed E-state index contributed by atoms with van der Waals surface area (Å²) >= 11 is 5.07. The molecule has 0 amide bonds. The minimum atomic E-state index is -3.51. The van der Waals surface area contributed by atoms with Crippen molar-refractivity contribution in [2.45, 2.75) is 4.90 Å². The molecular formula is C20H20BrN3O3S2. The molecule has 6 nitrogen and oxygen atoms in total. The summed E-state index contributed by atoms with van der Waals surface area (Å²) in [5, 5.41) is 2.96. The fourth-order valence-electron chi connectivity index (χ4n) is 3.21. The summed E-state index contributed by atoms with van der Waals surface area (Å²) < 4.78 is 33.5. The van der Waals surface area contributed by atoms with Crippen molar-refractivity contribution in [1.29, 1.82) is 0 Å². The van der Waals surface area contributed by atoms with Gasteiger partial charge in [0.2, 0.25) is 10.0 Å². The minimum absolute atomic E-state index is 0.290. The Hall–Kier alpha value is -1.94. The van der Waals surface area contributed by atoms with Crippen LogP contribution in [0.2, 0.25) is 0 Å². The van der Waals surface area contributed by atoms with E-state index in [0.717, 1.165) is 20.9 Å². The second-order valence-corrected chi connectivity index (χ2v) is 10.3. The van der Waals surface area contributed by atoms with E-state index in [-0.39, 0.29) is 4.90 Å². The predicted octanol–water partition coefficient (Wildman–Crippen LogP) is 4.09. The molecule has 1 fully saturated rings. The Balaban J connectivity index is 1.44. The Bertz CT molecular complexity index is 1090. The van der Waals surface area contributed by atoms with Crippen LogP contribution < -0.4 is 9.64 Å². The molecule has 0 spiro atoms. The quantitative estimate of drug-likeness (QED) is 0.535. The summed E-state index contributed by atoms with van der Waals surface area (Å²) in [5.74, 6) is 0.638. The number of sulfonamides is 1. The van der Waals surface area contributed by atoms with Crippen LogP contribution >= 0.6 is 27.3 Å². The van der Waals surface area contributed by atoms with Gasteiger partial charge in [-0.1, -0.05) is 28.1 Å². The molecule has 3 aromatic rings. The molecule has 4 rings (SSSR count). The Morgan fingerprint density at radius 3 is 2.45 bits per heavy atom. The van der Waals surface area contributed by atoms with Crippen LogP contribution in [0.3, 0.4) is 0 Å². The van der Waals surface area contributed by atoms with E-state index in [4.69, 9.17) is 9.72 Å². The summed E-state index contributed by atoms with van der Waals surface area (Å²) in [5.41, 5.74) is 1.99. The number of halogens is 1. The van der Waals surface area contributed by atoms with Crippen molar-refractivity contribution < 1.29 is 13.2 Å². The Kier molecular flexibility index (Phi) is 5.91. The van der Waals surface area contributed by atoms with Crippen molar-refractivity contribution in [1.82, 2.24) is 9.29 Å². The van der Waals surface area contributed by atoms with Gasteiger partial charge >= 0.3 is 0 Å². The first-order chi connectivity index (χ1) is 14.0. The van der Waals surface area contributed by atoms with E-state index in [0.29, 0.717) is 31.9 Å². The van der Waals surface area contributed by atoms with Gasteiger partial charge in [0.1, 0.15) is 5.75 Å². The van der Waals surface area contributed by atoms with Crippen molar-refractivity contribution >= 4 is 42.4 Å². The lowest BCUT2D eigenvalue weighted by molar-refractivity contribution is 0.384. The highest BCUT2D eigenvalue weighted by Crippen LogP contribution is 2.30. The third-order valence-electron chi connectivity index (χ3n) is 4.82. The minimum Gasteiger partial charge on any atom is -0.497 e. The van der Waals surface area contributed by atoms with Crippen LogP contribution in [-0.4, -0.2) is 51.0 Å². The molecule has 0 radical (unpaired) electrons. The average Bonchev–Trinajstić information content (AvgIpc) is 3.24. The van der Waals surface area contributed by atoms with Crippen LogP contribution in [0, 0.1) is 0 Å². The van der Waals surface area contributed by atoms with E-state index in [2.05, 4.69) is 20.8 Å². The molecule has 1 aliphatic heterocycles. The summed E-state index contributed by atoms with van der Waals surface area (Å²) in [6.45, 7) is 2.09. The lowest BCUT2D eigenvalue weighted by atomic mass is 10.2. The highest BCUT2D eigenvalue weighted by Gasteiger charge is 2.29. The lowest BCUT2D eigenvalue weighted by Gasteiger charge is -2.33. The molecule has 29 heavy (non-hydrogen) atoms. The van der Waals surface area contributed by atoms with Gasteiger partial charge in [-0.3, -0.25) is 0 Å². The zero-order valence-electron chi connectivity index (χ0n) is 15.8. The predicted molar refractivity (Wildman–Crippen MR) is 119 cm³/mol. The molecule has 9 heteroatoms. The summed E-state index contributed by atoms with van der Waals surface area (Å²) in [7, 11) is -1.95. The average molecular weight is 494 g/mol. The third-order valence-corrected chi connectivity index (χ3v) is 8.13. The zero-order chi connectivity index (χ0) is 20.4. The molecular weight excluding hydrogens is 474 g/mol. The second kappa shape index (κ2) is 8.43. The molecule has 0 atom stereocenters. The van der Waals surface area contributed by atoms with E-state index >= 15 is 0 Å². The van der Waals surface area contributed by atoms with E-state index in [1.807, 2.05) is 29.6 Å². The summed E-state index contributed by atoms with van der Waals surface area (Å²) in [6.07, 6.45) is 0. The number of nitrogens with zero attached hydrogens (tertiary/aromatic N) is 3. The fourth-order valence-corrected chi connectivity index (χ4v) is 5.92. The highest BCUT2D eigenvalue weighted by molar-refractivity contribution is 9.10. The maximum atomic E-state index is 12.9. The number of aromatic nitrogens is 1. The smallest absolute Gasteiger partial charge is 0.243 e. The molecule has 0 N–H and O–H groups in total. The number of rotatable bonds is 5. The first kappa shape index (κ1) is 20.3. The van der Waals surface area contributed by atoms with E-state index in [9.17, 15) is 8.42 Å². The van der Waals surface area contributed by atoms with Crippen molar-refractivity contribution in [2.75, 3.05) is 38.2 Å². The van der Waals surface area contributed by atoms with E-state index < -0.39 is 10.0 Å². The number of ether oxygens (including phenoxy) is 1. The molecule has 0 bridgehead atoms. The van der Waals surface area contributed by atoms with Gasteiger partial charge in [0.25, 0.3) is 0 Å². The molecule has 2 aromatic carbocycles. The van der Waals surface area contributed by atoms with Crippen LogP contribution in [0.1, 0.15) is 0 Å². The van der Waals surface area contributed by atoms with Crippen LogP contribution in [0.4, 0.5) is 5.13 Å². The first-order valence-corrected chi connectivity index (χ1v) is 12.2. The lowest BCUT2D eigenvalue weighted by Crippen LogP contribution is -2.48. The molecule has 152 valence electrons. The SMILES string of the molecule is COc1ccc(S(=O)(=O)N2CCN(c3nc(-c4cccc(Br)c4)cs3)CC2)cc1. The van der Waals surface area contributed by atoms with Gasteiger partial charge in [-0.25, -0.2) is 13.4 Å². The van der Waals surface area contributed by atoms with Crippen LogP contribution in [0.15, 0.2) is 63.3 Å². The maximum Gasteiger partial charge on any atom is 0.243 e. The third kappa shape index (κ3) is 4.32. The monoisotopic (exact) mass is 493 g/mol. The normalized spacial score (nSPS) is 15.4. The topological polar surface area (TPSA) is 62.7 Å². The van der Waals surface area contributed by atoms with Crippen LogP contribution in [-0.2, 0) is 10.0 Å². The van der Waals surface area contributed by atoms with Gasteiger partial charge in [-0.2, -0.15) is 4.31 Å². The zero-order valence-corrected chi connectivity index (χ0v) is 19.0. The van der Waals surface area contributed by atoms with Crippen molar-refractivity contribution in [2.24, 2.45) is 0 Å².